The number of aryl methyl sites for hydroxylation is 1. The van der Waals surface area contributed by atoms with Gasteiger partial charge >= 0.3 is 0 Å². The van der Waals surface area contributed by atoms with Crippen LogP contribution >= 0.6 is 27.7 Å². The minimum absolute atomic E-state index is 0.0506. The number of hydrogen-bond donors (Lipinski definition) is 1. The van der Waals surface area contributed by atoms with Gasteiger partial charge in [0.1, 0.15) is 4.47 Å². The van der Waals surface area contributed by atoms with Crippen LogP contribution in [0.4, 0.5) is 5.69 Å². The normalized spacial score (nSPS) is 19.8. The van der Waals surface area contributed by atoms with Crippen molar-refractivity contribution in [3.63, 3.8) is 0 Å². The summed E-state index contributed by atoms with van der Waals surface area (Å²) in [5.74, 6) is 2.35. The van der Waals surface area contributed by atoms with Crippen molar-refractivity contribution in [1.82, 2.24) is 9.78 Å². The molecule has 0 amide bonds. The summed E-state index contributed by atoms with van der Waals surface area (Å²) in [6.45, 7) is 2.70. The summed E-state index contributed by atoms with van der Waals surface area (Å²) in [6.07, 6.45) is 5.06. The van der Waals surface area contributed by atoms with Crippen LogP contribution in [0.15, 0.2) is 15.5 Å². The monoisotopic (exact) mass is 331 g/mol. The molecule has 2 rings (SSSR count). The molecular weight excluding hydrogens is 314 g/mol. The fourth-order valence-corrected chi connectivity index (χ4v) is 3.50. The summed E-state index contributed by atoms with van der Waals surface area (Å²) in [6, 6.07) is 0.447. The van der Waals surface area contributed by atoms with Crippen molar-refractivity contribution < 1.29 is 0 Å². The molecule has 6 heteroatoms. The first-order valence-corrected chi connectivity index (χ1v) is 8.27. The van der Waals surface area contributed by atoms with E-state index in [0.29, 0.717) is 17.1 Å². The molecule has 1 saturated heterocycles. The van der Waals surface area contributed by atoms with Crippen LogP contribution in [0.3, 0.4) is 0 Å². The molecule has 0 spiro atoms. The van der Waals surface area contributed by atoms with Crippen molar-refractivity contribution in [3.05, 3.63) is 21.0 Å². The van der Waals surface area contributed by atoms with Gasteiger partial charge in [0, 0.05) is 18.3 Å². The lowest BCUT2D eigenvalue weighted by atomic mass is 10.2. The third kappa shape index (κ3) is 3.29. The van der Waals surface area contributed by atoms with E-state index in [1.807, 2.05) is 18.7 Å². The molecule has 0 aliphatic carbocycles. The molecule has 1 atom stereocenters. The molecule has 1 aliphatic heterocycles. The number of hydrogen-bond acceptors (Lipinski definition) is 4. The summed E-state index contributed by atoms with van der Waals surface area (Å²) in [7, 11) is 0. The molecule has 2 heterocycles. The molecule has 4 nitrogen and oxygen atoms in total. The second-order valence-electron chi connectivity index (χ2n) is 4.46. The predicted molar refractivity (Wildman–Crippen MR) is 80.5 cm³/mol. The van der Waals surface area contributed by atoms with Gasteiger partial charge in [-0.15, -0.1) is 0 Å². The molecule has 0 aromatic carbocycles. The molecule has 1 fully saturated rings. The van der Waals surface area contributed by atoms with E-state index in [4.69, 9.17) is 0 Å². The van der Waals surface area contributed by atoms with E-state index in [0.717, 1.165) is 24.3 Å². The Labute approximate surface area is 120 Å². The number of aromatic nitrogens is 2. The minimum Gasteiger partial charge on any atom is -0.379 e. The molecule has 0 saturated carbocycles. The topological polar surface area (TPSA) is 46.9 Å². The van der Waals surface area contributed by atoms with Crippen molar-refractivity contribution in [3.8, 4) is 0 Å². The van der Waals surface area contributed by atoms with Gasteiger partial charge in [0.2, 0.25) is 0 Å². The molecule has 1 aromatic heterocycles. The second kappa shape index (κ2) is 6.61. The van der Waals surface area contributed by atoms with Gasteiger partial charge in [-0.1, -0.05) is 6.92 Å². The minimum atomic E-state index is -0.0506. The number of anilines is 1. The lowest BCUT2D eigenvalue weighted by Gasteiger charge is -2.23. The number of nitrogens with one attached hydrogen (secondary N) is 1. The van der Waals surface area contributed by atoms with E-state index in [-0.39, 0.29) is 5.56 Å². The van der Waals surface area contributed by atoms with E-state index >= 15 is 0 Å². The Morgan fingerprint density at radius 2 is 2.50 bits per heavy atom. The largest absolute Gasteiger partial charge is 0.379 e. The summed E-state index contributed by atoms with van der Waals surface area (Å²) >= 11 is 5.35. The standard InChI is InChI=1S/C12H18BrN3OS/c1-2-5-16-12(17)11(13)10(7-14-16)15-9-4-3-6-18-8-9/h7,9,15H,2-6,8H2,1H3. The van der Waals surface area contributed by atoms with E-state index in [1.165, 1.54) is 16.9 Å². The zero-order chi connectivity index (χ0) is 13.0. The first-order valence-electron chi connectivity index (χ1n) is 6.32. The molecule has 1 aliphatic rings. The third-order valence-electron chi connectivity index (χ3n) is 2.94. The van der Waals surface area contributed by atoms with Crippen LogP contribution in [-0.2, 0) is 6.54 Å². The molecular formula is C12H18BrN3OS. The van der Waals surface area contributed by atoms with Gasteiger partial charge in [-0.3, -0.25) is 4.79 Å². The average molecular weight is 332 g/mol. The zero-order valence-electron chi connectivity index (χ0n) is 10.5. The predicted octanol–water partition coefficient (Wildman–Crippen LogP) is 2.72. The summed E-state index contributed by atoms with van der Waals surface area (Å²) in [5.41, 5.74) is 0.769. The van der Waals surface area contributed by atoms with E-state index < -0.39 is 0 Å². The van der Waals surface area contributed by atoms with E-state index in [1.54, 1.807) is 6.20 Å². The first-order chi connectivity index (χ1) is 8.72. The smallest absolute Gasteiger partial charge is 0.283 e. The Morgan fingerprint density at radius 3 is 3.17 bits per heavy atom. The molecule has 0 bridgehead atoms. The molecule has 1 unspecified atom stereocenters. The highest BCUT2D eigenvalue weighted by atomic mass is 79.9. The maximum atomic E-state index is 12.0. The molecule has 1 N–H and O–H groups in total. The van der Waals surface area contributed by atoms with Gasteiger partial charge in [0.15, 0.2) is 0 Å². The quantitative estimate of drug-likeness (QED) is 0.921. The Morgan fingerprint density at radius 1 is 1.67 bits per heavy atom. The lowest BCUT2D eigenvalue weighted by Crippen LogP contribution is -2.29. The average Bonchev–Trinajstić information content (AvgIpc) is 2.40. The van der Waals surface area contributed by atoms with Crippen LogP contribution in [-0.4, -0.2) is 27.3 Å². The zero-order valence-corrected chi connectivity index (χ0v) is 12.9. The molecule has 18 heavy (non-hydrogen) atoms. The SMILES string of the molecule is CCCn1ncc(NC2CCCSC2)c(Br)c1=O. The second-order valence-corrected chi connectivity index (χ2v) is 6.40. The van der Waals surface area contributed by atoms with Gasteiger partial charge in [-0.05, 0) is 40.9 Å². The fraction of sp³-hybridized carbons (Fsp3) is 0.667. The maximum absolute atomic E-state index is 12.0. The maximum Gasteiger partial charge on any atom is 0.283 e. The Balaban J connectivity index is 2.13. The Hall–Kier alpha value is -0.490. The van der Waals surface area contributed by atoms with Gasteiger partial charge in [0.25, 0.3) is 5.56 Å². The van der Waals surface area contributed by atoms with Gasteiger partial charge in [-0.25, -0.2) is 4.68 Å². The number of nitrogens with zero attached hydrogens (tertiary/aromatic N) is 2. The molecule has 0 radical (unpaired) electrons. The number of thioether (sulfide) groups is 1. The van der Waals surface area contributed by atoms with Crippen LogP contribution in [0.2, 0.25) is 0 Å². The van der Waals surface area contributed by atoms with Crippen molar-refractivity contribution >= 4 is 33.4 Å². The highest BCUT2D eigenvalue weighted by molar-refractivity contribution is 9.10. The van der Waals surface area contributed by atoms with Crippen LogP contribution in [0.1, 0.15) is 26.2 Å². The van der Waals surface area contributed by atoms with E-state index in [2.05, 4.69) is 26.3 Å². The highest BCUT2D eigenvalue weighted by Crippen LogP contribution is 2.23. The van der Waals surface area contributed by atoms with Gasteiger partial charge in [0.05, 0.1) is 11.9 Å². The number of rotatable bonds is 4. The Bertz CT molecular complexity index is 457. The van der Waals surface area contributed by atoms with Crippen molar-refractivity contribution in [2.24, 2.45) is 0 Å². The fourth-order valence-electron chi connectivity index (χ4n) is 2.01. The Kier molecular flexibility index (Phi) is 5.12. The third-order valence-corrected chi connectivity index (χ3v) is 4.92. The van der Waals surface area contributed by atoms with Crippen molar-refractivity contribution in [2.75, 3.05) is 16.8 Å². The van der Waals surface area contributed by atoms with Crippen LogP contribution < -0.4 is 10.9 Å². The molecule has 100 valence electrons. The summed E-state index contributed by atoms with van der Waals surface area (Å²) in [5, 5.41) is 7.61. The van der Waals surface area contributed by atoms with Crippen molar-refractivity contribution in [1.29, 1.82) is 0 Å². The first kappa shape index (κ1) is 13.9. The van der Waals surface area contributed by atoms with Crippen molar-refractivity contribution in [2.45, 2.75) is 38.8 Å². The van der Waals surface area contributed by atoms with Gasteiger partial charge in [-0.2, -0.15) is 16.9 Å². The molecule has 1 aromatic rings. The lowest BCUT2D eigenvalue weighted by molar-refractivity contribution is 0.565. The van der Waals surface area contributed by atoms with E-state index in [9.17, 15) is 4.79 Å². The van der Waals surface area contributed by atoms with Gasteiger partial charge < -0.3 is 5.32 Å². The highest BCUT2D eigenvalue weighted by Gasteiger charge is 2.16. The number of halogens is 1. The summed E-state index contributed by atoms with van der Waals surface area (Å²) < 4.78 is 2.10. The summed E-state index contributed by atoms with van der Waals surface area (Å²) in [4.78, 5) is 12.0. The van der Waals surface area contributed by atoms with Crippen LogP contribution in [0.25, 0.3) is 0 Å². The van der Waals surface area contributed by atoms with Crippen LogP contribution in [0, 0.1) is 0 Å². The van der Waals surface area contributed by atoms with Crippen LogP contribution in [0.5, 0.6) is 0 Å².